The molecular formula is C50H52N4O. The minimum atomic E-state index is -0.0907. The van der Waals surface area contributed by atoms with Crippen molar-refractivity contribution in [2.45, 2.75) is 73.1 Å². The number of pyridine rings is 1. The quantitative estimate of drug-likeness (QED) is 0.171. The van der Waals surface area contributed by atoms with Gasteiger partial charge in [-0.1, -0.05) is 123 Å². The van der Waals surface area contributed by atoms with Crippen LogP contribution in [-0.2, 0) is 10.8 Å². The summed E-state index contributed by atoms with van der Waals surface area (Å²) in [5, 5.41) is 2.36. The molecule has 278 valence electrons. The molecule has 0 N–H and O–H groups in total. The van der Waals surface area contributed by atoms with E-state index in [-0.39, 0.29) is 16.2 Å². The zero-order valence-corrected chi connectivity index (χ0v) is 33.7. The summed E-state index contributed by atoms with van der Waals surface area (Å²) in [7, 11) is 0. The van der Waals surface area contributed by atoms with Crippen molar-refractivity contribution in [2.75, 3.05) is 16.5 Å². The summed E-state index contributed by atoms with van der Waals surface area (Å²) >= 11 is 0. The summed E-state index contributed by atoms with van der Waals surface area (Å²) in [6.45, 7) is 21.1. The summed E-state index contributed by atoms with van der Waals surface area (Å²) in [6, 6.07) is 45.6. The third-order valence-electron chi connectivity index (χ3n) is 10.7. The van der Waals surface area contributed by atoms with Gasteiger partial charge in [0, 0.05) is 57.8 Å². The molecule has 0 saturated carbocycles. The molecule has 55 heavy (non-hydrogen) atoms. The van der Waals surface area contributed by atoms with Crippen LogP contribution in [0.5, 0.6) is 11.5 Å². The number of allylic oxidation sites excluding steroid dienone is 1. The Bertz CT molecular complexity index is 2540. The molecular weight excluding hydrogens is 673 g/mol. The van der Waals surface area contributed by atoms with Crippen LogP contribution in [0.2, 0.25) is 0 Å². The Morgan fingerprint density at radius 1 is 0.527 bits per heavy atom. The highest BCUT2D eigenvalue weighted by Gasteiger charge is 2.32. The predicted octanol–water partition coefficient (Wildman–Crippen LogP) is 13.4. The van der Waals surface area contributed by atoms with Crippen LogP contribution < -0.4 is 14.5 Å². The fourth-order valence-electron chi connectivity index (χ4n) is 7.57. The zero-order chi connectivity index (χ0) is 38.7. The molecule has 0 atom stereocenters. The Morgan fingerprint density at radius 2 is 1.20 bits per heavy atom. The smallest absolute Gasteiger partial charge is 0.137 e. The highest BCUT2D eigenvalue weighted by molar-refractivity contribution is 6.09. The highest BCUT2D eigenvalue weighted by atomic mass is 16.5. The standard InChI is InChI=1S/C50H52N4O/c1-48(2,3)36-25-26-51-47(29-36)54-44-18-14-13-17-42(44)43-24-23-40(31-45(43)54)55-41-28-37(49(4,5)6)27-39(30-41)53-33-52(32-46(53)50(7,8)9)38-21-19-35(20-22-38)34-15-11-10-12-16-34/h10-32H,33H2,1-9H3. The summed E-state index contributed by atoms with van der Waals surface area (Å²) in [5.41, 5.74) is 10.5. The van der Waals surface area contributed by atoms with Crippen LogP contribution in [-0.4, -0.2) is 16.2 Å². The second-order valence-corrected chi connectivity index (χ2v) is 18.0. The van der Waals surface area contributed by atoms with Gasteiger partial charge in [0.2, 0.25) is 0 Å². The number of aromatic nitrogens is 2. The fraction of sp³-hybridized carbons (Fsp3) is 0.260. The van der Waals surface area contributed by atoms with Gasteiger partial charge in [-0.2, -0.15) is 0 Å². The lowest BCUT2D eigenvalue weighted by atomic mass is 9.86. The Labute approximate surface area is 326 Å². The second-order valence-electron chi connectivity index (χ2n) is 18.0. The van der Waals surface area contributed by atoms with Crippen LogP contribution in [0.25, 0.3) is 38.8 Å². The van der Waals surface area contributed by atoms with Crippen molar-refractivity contribution in [3.63, 3.8) is 0 Å². The summed E-state index contributed by atoms with van der Waals surface area (Å²) < 4.78 is 9.15. The maximum Gasteiger partial charge on any atom is 0.137 e. The van der Waals surface area contributed by atoms with E-state index in [1.54, 1.807) is 0 Å². The van der Waals surface area contributed by atoms with Crippen molar-refractivity contribution >= 4 is 33.2 Å². The van der Waals surface area contributed by atoms with Crippen LogP contribution >= 0.6 is 0 Å². The molecule has 0 fully saturated rings. The van der Waals surface area contributed by atoms with Crippen LogP contribution in [0.4, 0.5) is 11.4 Å². The maximum atomic E-state index is 6.88. The van der Waals surface area contributed by atoms with E-state index in [1.165, 1.54) is 44.4 Å². The van der Waals surface area contributed by atoms with Gasteiger partial charge in [-0.05, 0) is 87.7 Å². The van der Waals surface area contributed by atoms with Crippen LogP contribution in [0, 0.1) is 5.41 Å². The van der Waals surface area contributed by atoms with E-state index in [9.17, 15) is 0 Å². The lowest BCUT2D eigenvalue weighted by Gasteiger charge is -2.32. The number of fused-ring (bicyclic) bond motifs is 3. The minimum Gasteiger partial charge on any atom is -0.457 e. The molecule has 0 spiro atoms. The molecule has 3 heterocycles. The van der Waals surface area contributed by atoms with E-state index in [0.717, 1.165) is 34.0 Å². The molecule has 1 aliphatic heterocycles. The van der Waals surface area contributed by atoms with Crippen molar-refractivity contribution < 1.29 is 4.74 Å². The van der Waals surface area contributed by atoms with Crippen molar-refractivity contribution in [3.8, 4) is 28.4 Å². The molecule has 5 heteroatoms. The number of hydrogen-bond acceptors (Lipinski definition) is 4. The van der Waals surface area contributed by atoms with E-state index in [0.29, 0.717) is 6.67 Å². The summed E-state index contributed by atoms with van der Waals surface area (Å²) in [4.78, 5) is 9.69. The number of hydrogen-bond donors (Lipinski definition) is 0. The van der Waals surface area contributed by atoms with Gasteiger partial charge in [0.1, 0.15) is 17.3 Å². The first-order valence-electron chi connectivity index (χ1n) is 19.4. The number of ether oxygens (including phenoxy) is 1. The van der Waals surface area contributed by atoms with Crippen molar-refractivity contribution in [2.24, 2.45) is 5.41 Å². The van der Waals surface area contributed by atoms with E-state index in [1.807, 2.05) is 6.20 Å². The molecule has 0 saturated heterocycles. The zero-order valence-electron chi connectivity index (χ0n) is 33.7. The average Bonchev–Trinajstić information content (AvgIpc) is 3.75. The molecule has 0 bridgehead atoms. The number of para-hydroxylation sites is 1. The third-order valence-corrected chi connectivity index (χ3v) is 10.7. The fourth-order valence-corrected chi connectivity index (χ4v) is 7.57. The van der Waals surface area contributed by atoms with Crippen molar-refractivity contribution in [1.82, 2.24) is 9.55 Å². The van der Waals surface area contributed by atoms with E-state index < -0.39 is 0 Å². The van der Waals surface area contributed by atoms with Crippen LogP contribution in [0.15, 0.2) is 145 Å². The first-order chi connectivity index (χ1) is 26.1. The molecule has 0 radical (unpaired) electrons. The molecule has 1 aliphatic rings. The molecule has 5 aromatic carbocycles. The molecule has 8 rings (SSSR count). The number of nitrogens with zero attached hydrogens (tertiary/aromatic N) is 4. The molecule has 0 amide bonds. The molecule has 7 aromatic rings. The molecule has 2 aromatic heterocycles. The van der Waals surface area contributed by atoms with Gasteiger partial charge < -0.3 is 14.5 Å². The Kier molecular flexibility index (Phi) is 8.87. The summed E-state index contributed by atoms with van der Waals surface area (Å²) in [5.74, 6) is 2.51. The normalized spacial score (nSPS) is 13.9. The lowest BCUT2D eigenvalue weighted by Crippen LogP contribution is -2.31. The highest BCUT2D eigenvalue weighted by Crippen LogP contribution is 2.42. The van der Waals surface area contributed by atoms with Gasteiger partial charge in [-0.3, -0.25) is 4.57 Å². The lowest BCUT2D eigenvalue weighted by molar-refractivity contribution is 0.477. The first kappa shape index (κ1) is 36.2. The third kappa shape index (κ3) is 7.12. The topological polar surface area (TPSA) is 33.5 Å². The second kappa shape index (κ2) is 13.5. The van der Waals surface area contributed by atoms with Gasteiger partial charge in [0.15, 0.2) is 0 Å². The first-order valence-corrected chi connectivity index (χ1v) is 19.4. The number of anilines is 2. The minimum absolute atomic E-state index is 0.00190. The molecule has 0 aliphatic carbocycles. The monoisotopic (exact) mass is 724 g/mol. The Hall–Kier alpha value is -5.81. The van der Waals surface area contributed by atoms with Gasteiger partial charge in [-0.25, -0.2) is 4.98 Å². The van der Waals surface area contributed by atoms with Gasteiger partial charge in [-0.15, -0.1) is 0 Å². The summed E-state index contributed by atoms with van der Waals surface area (Å²) in [6.07, 6.45) is 4.24. The predicted molar refractivity (Wildman–Crippen MR) is 232 cm³/mol. The number of benzene rings is 5. The largest absolute Gasteiger partial charge is 0.457 e. The molecule has 0 unspecified atom stereocenters. The van der Waals surface area contributed by atoms with Crippen LogP contribution in [0.1, 0.15) is 73.4 Å². The van der Waals surface area contributed by atoms with Crippen LogP contribution in [0.3, 0.4) is 0 Å². The maximum absolute atomic E-state index is 6.88. The SMILES string of the molecule is CC(C)(C)C1=CN(c2ccc(-c3ccccc3)cc2)CN1c1cc(Oc2ccc3c4ccccc4n(-c4cc(C(C)(C)C)ccn4)c3c2)cc(C(C)(C)C)c1. The van der Waals surface area contributed by atoms with Crippen molar-refractivity contribution in [1.29, 1.82) is 0 Å². The Morgan fingerprint density at radius 3 is 1.91 bits per heavy atom. The Balaban J connectivity index is 1.17. The van der Waals surface area contributed by atoms with E-state index in [4.69, 9.17) is 9.72 Å². The molecule has 5 nitrogen and oxygen atoms in total. The average molecular weight is 725 g/mol. The van der Waals surface area contributed by atoms with Gasteiger partial charge >= 0.3 is 0 Å². The van der Waals surface area contributed by atoms with Gasteiger partial charge in [0.25, 0.3) is 0 Å². The number of rotatable bonds is 6. The van der Waals surface area contributed by atoms with Crippen molar-refractivity contribution in [3.05, 3.63) is 157 Å². The van der Waals surface area contributed by atoms with E-state index in [2.05, 4.69) is 210 Å². The van der Waals surface area contributed by atoms with Gasteiger partial charge in [0.05, 0.1) is 17.7 Å². The van der Waals surface area contributed by atoms with E-state index >= 15 is 0 Å².